The Labute approximate surface area is 141 Å². The van der Waals surface area contributed by atoms with Crippen molar-refractivity contribution in [3.05, 3.63) is 0 Å². The molecule has 0 aromatic heterocycles. The number of fused-ring (bicyclic) bond motifs is 3. The van der Waals surface area contributed by atoms with Gasteiger partial charge in [0.25, 0.3) is 0 Å². The Bertz CT molecular complexity index is 528. The lowest BCUT2D eigenvalue weighted by atomic mass is 9.40. The Morgan fingerprint density at radius 1 is 0.913 bits per heavy atom. The first-order chi connectivity index (χ1) is 10.8. The second kappa shape index (κ2) is 4.76. The molecule has 4 aliphatic carbocycles. The summed E-state index contributed by atoms with van der Waals surface area (Å²) in [4.78, 5) is 12.6. The summed E-state index contributed by atoms with van der Waals surface area (Å²) in [7, 11) is 1.58. The van der Waals surface area contributed by atoms with Gasteiger partial charge in [0.15, 0.2) is 0 Å². The number of hydrogen-bond acceptors (Lipinski definition) is 2. The van der Waals surface area contributed by atoms with E-state index in [4.69, 9.17) is 4.74 Å². The van der Waals surface area contributed by atoms with Crippen LogP contribution in [0.5, 0.6) is 0 Å². The monoisotopic (exact) mass is 318 g/mol. The van der Waals surface area contributed by atoms with E-state index in [0.29, 0.717) is 22.2 Å². The molecule has 0 aromatic carbocycles. The summed E-state index contributed by atoms with van der Waals surface area (Å²) in [6.45, 7) is 7.29. The third kappa shape index (κ3) is 1.96. The number of carbonyl (C=O) groups is 1. The van der Waals surface area contributed by atoms with Crippen molar-refractivity contribution in [3.8, 4) is 0 Å². The number of esters is 1. The van der Waals surface area contributed by atoms with E-state index in [0.717, 1.165) is 12.3 Å². The molecular weight excluding hydrogens is 284 g/mol. The molecule has 2 nitrogen and oxygen atoms in total. The average molecular weight is 319 g/mol. The molecule has 130 valence electrons. The van der Waals surface area contributed by atoms with Gasteiger partial charge in [0, 0.05) is 0 Å². The van der Waals surface area contributed by atoms with Gasteiger partial charge < -0.3 is 4.74 Å². The van der Waals surface area contributed by atoms with Crippen LogP contribution in [0.4, 0.5) is 0 Å². The molecule has 0 aromatic rings. The van der Waals surface area contributed by atoms with Crippen LogP contribution in [0.1, 0.15) is 85.0 Å². The van der Waals surface area contributed by atoms with Crippen LogP contribution in [0.25, 0.3) is 0 Å². The summed E-state index contributed by atoms with van der Waals surface area (Å²) >= 11 is 0. The quantitative estimate of drug-likeness (QED) is 0.609. The van der Waals surface area contributed by atoms with Crippen molar-refractivity contribution in [2.75, 3.05) is 7.11 Å². The zero-order valence-corrected chi connectivity index (χ0v) is 15.5. The van der Waals surface area contributed by atoms with Gasteiger partial charge in [0.2, 0.25) is 0 Å². The van der Waals surface area contributed by atoms with Crippen molar-refractivity contribution in [1.29, 1.82) is 0 Å². The van der Waals surface area contributed by atoms with Crippen LogP contribution in [-0.2, 0) is 9.53 Å². The zero-order valence-electron chi connectivity index (χ0n) is 15.5. The molecule has 4 saturated carbocycles. The molecule has 1 spiro atoms. The van der Waals surface area contributed by atoms with Crippen LogP contribution in [0.15, 0.2) is 0 Å². The maximum Gasteiger partial charge on any atom is 0.311 e. The number of rotatable bonds is 1. The first kappa shape index (κ1) is 16.0. The third-order valence-corrected chi connectivity index (χ3v) is 9.14. The summed E-state index contributed by atoms with van der Waals surface area (Å²) < 4.78 is 5.26. The van der Waals surface area contributed by atoms with Gasteiger partial charge in [0.1, 0.15) is 0 Å². The van der Waals surface area contributed by atoms with Crippen LogP contribution >= 0.6 is 0 Å². The minimum atomic E-state index is -0.247. The van der Waals surface area contributed by atoms with Crippen LogP contribution in [0.3, 0.4) is 0 Å². The first-order valence-electron chi connectivity index (χ1n) is 9.87. The van der Waals surface area contributed by atoms with Gasteiger partial charge in [-0.25, -0.2) is 0 Å². The Morgan fingerprint density at radius 2 is 1.65 bits per heavy atom. The van der Waals surface area contributed by atoms with Crippen molar-refractivity contribution in [3.63, 3.8) is 0 Å². The van der Waals surface area contributed by atoms with Gasteiger partial charge in [0.05, 0.1) is 12.5 Å². The van der Waals surface area contributed by atoms with Crippen molar-refractivity contribution in [1.82, 2.24) is 0 Å². The standard InChI is InChI=1S/C21H34O2/c1-18-10-6-16-19(2)8-5-9-20(3,17(22)23-4)15(19)7-11-21(16,14-18)13-12-18/h15-16H,5-14H2,1-4H3/t15-,16-,18+,19+,20+,21-/m0/s1. The van der Waals surface area contributed by atoms with Gasteiger partial charge in [-0.15, -0.1) is 0 Å². The highest BCUT2D eigenvalue weighted by atomic mass is 16.5. The molecule has 4 rings (SSSR count). The molecular formula is C21H34O2. The first-order valence-corrected chi connectivity index (χ1v) is 9.87. The van der Waals surface area contributed by atoms with E-state index in [1.807, 2.05) is 0 Å². The van der Waals surface area contributed by atoms with E-state index < -0.39 is 0 Å². The van der Waals surface area contributed by atoms with Crippen LogP contribution in [-0.4, -0.2) is 13.1 Å². The predicted octanol–water partition coefficient (Wildman–Crippen LogP) is 5.35. The third-order valence-electron chi connectivity index (χ3n) is 9.14. The van der Waals surface area contributed by atoms with Crippen molar-refractivity contribution < 1.29 is 9.53 Å². The summed E-state index contributed by atoms with van der Waals surface area (Å²) in [6.07, 6.45) is 13.3. The molecule has 2 heteroatoms. The van der Waals surface area contributed by atoms with E-state index in [-0.39, 0.29) is 11.4 Å². The smallest absolute Gasteiger partial charge is 0.311 e. The summed E-state index contributed by atoms with van der Waals surface area (Å²) in [5.74, 6) is 1.42. The van der Waals surface area contributed by atoms with Gasteiger partial charge >= 0.3 is 5.97 Å². The molecule has 0 N–H and O–H groups in total. The second-order valence-electron chi connectivity index (χ2n) is 10.3. The molecule has 0 radical (unpaired) electrons. The summed E-state index contributed by atoms with van der Waals surface area (Å²) in [5.41, 5.74) is 1.33. The Hall–Kier alpha value is -0.530. The fourth-order valence-electron chi connectivity index (χ4n) is 8.19. The lowest BCUT2D eigenvalue weighted by molar-refractivity contribution is -0.185. The van der Waals surface area contributed by atoms with Crippen molar-refractivity contribution in [2.24, 2.45) is 33.5 Å². The van der Waals surface area contributed by atoms with Crippen LogP contribution < -0.4 is 0 Å². The molecule has 4 fully saturated rings. The molecule has 6 atom stereocenters. The molecule has 4 aliphatic rings. The maximum atomic E-state index is 12.6. The van der Waals surface area contributed by atoms with E-state index >= 15 is 0 Å². The molecule has 0 saturated heterocycles. The van der Waals surface area contributed by atoms with Crippen LogP contribution in [0, 0.1) is 33.5 Å². The minimum Gasteiger partial charge on any atom is -0.469 e. The highest BCUT2D eigenvalue weighted by Gasteiger charge is 2.66. The number of hydrogen-bond donors (Lipinski definition) is 0. The SMILES string of the molecule is COC(=O)[C@]1(C)CCC[C@@]2(C)[C@@H]3CC[C@]4(C)CC[C@@]3(CC[C@@H]21)C4. The van der Waals surface area contributed by atoms with E-state index in [1.54, 1.807) is 7.11 Å². The minimum absolute atomic E-state index is 0.0523. The van der Waals surface area contributed by atoms with Crippen molar-refractivity contribution >= 4 is 5.97 Å². The largest absolute Gasteiger partial charge is 0.469 e. The number of ether oxygens (including phenoxy) is 1. The topological polar surface area (TPSA) is 26.3 Å². The predicted molar refractivity (Wildman–Crippen MR) is 91.9 cm³/mol. The lowest BCUT2D eigenvalue weighted by Gasteiger charge is -2.64. The average Bonchev–Trinajstić information content (AvgIpc) is 2.76. The highest BCUT2D eigenvalue weighted by Crippen LogP contribution is 2.73. The lowest BCUT2D eigenvalue weighted by Crippen LogP contribution is -2.58. The fraction of sp³-hybridized carbons (Fsp3) is 0.952. The summed E-state index contributed by atoms with van der Waals surface area (Å²) in [6, 6.07) is 0. The zero-order chi connectivity index (χ0) is 16.5. The van der Waals surface area contributed by atoms with Gasteiger partial charge in [-0.2, -0.15) is 0 Å². The number of methoxy groups -OCH3 is 1. The van der Waals surface area contributed by atoms with Gasteiger partial charge in [-0.3, -0.25) is 4.79 Å². The molecule has 0 unspecified atom stereocenters. The molecule has 0 aliphatic heterocycles. The molecule has 0 heterocycles. The summed E-state index contributed by atoms with van der Waals surface area (Å²) in [5, 5.41) is 0. The van der Waals surface area contributed by atoms with E-state index in [1.165, 1.54) is 57.8 Å². The highest BCUT2D eigenvalue weighted by molar-refractivity contribution is 5.77. The van der Waals surface area contributed by atoms with Gasteiger partial charge in [-0.05, 0) is 92.8 Å². The number of carbonyl (C=O) groups excluding carboxylic acids is 1. The Kier molecular flexibility index (Phi) is 3.30. The van der Waals surface area contributed by atoms with E-state index in [2.05, 4.69) is 20.8 Å². The normalized spacial score (nSPS) is 55.0. The second-order valence-corrected chi connectivity index (χ2v) is 10.3. The fourth-order valence-corrected chi connectivity index (χ4v) is 8.19. The molecule has 0 amide bonds. The Morgan fingerprint density at radius 3 is 2.39 bits per heavy atom. The van der Waals surface area contributed by atoms with E-state index in [9.17, 15) is 4.79 Å². The molecule has 2 bridgehead atoms. The Balaban J connectivity index is 1.72. The molecule has 23 heavy (non-hydrogen) atoms. The van der Waals surface area contributed by atoms with Crippen molar-refractivity contribution in [2.45, 2.75) is 85.0 Å². The van der Waals surface area contributed by atoms with Crippen LogP contribution in [0.2, 0.25) is 0 Å². The maximum absolute atomic E-state index is 12.6. The van der Waals surface area contributed by atoms with Gasteiger partial charge in [-0.1, -0.05) is 20.3 Å².